The Balaban J connectivity index is 1.22. The van der Waals surface area contributed by atoms with E-state index in [1.807, 2.05) is 67.6 Å². The maximum Gasteiger partial charge on any atom is 0.346 e. The Bertz CT molecular complexity index is 1450. The Morgan fingerprint density at radius 3 is 2.64 bits per heavy atom. The van der Waals surface area contributed by atoms with Gasteiger partial charge < -0.3 is 10.6 Å². The van der Waals surface area contributed by atoms with Crippen molar-refractivity contribution in [3.05, 3.63) is 78.0 Å². The summed E-state index contributed by atoms with van der Waals surface area (Å²) in [7, 11) is 0. The molecule has 1 aliphatic heterocycles. The fraction of sp³-hybridized carbons (Fsp3) is 0.259. The monoisotopic (exact) mass is 482 g/mol. The summed E-state index contributed by atoms with van der Waals surface area (Å²) in [6.07, 6.45) is 4.33. The molecule has 9 nitrogen and oxygen atoms in total. The minimum Gasteiger partial charge on any atom is -0.309 e. The van der Waals surface area contributed by atoms with Crippen LogP contribution in [0.2, 0.25) is 0 Å². The Labute approximate surface area is 208 Å². The maximum atomic E-state index is 13.1. The third-order valence-corrected chi connectivity index (χ3v) is 6.58. The highest BCUT2D eigenvalue weighted by Crippen LogP contribution is 2.32. The van der Waals surface area contributed by atoms with Crippen molar-refractivity contribution >= 4 is 29.1 Å². The van der Waals surface area contributed by atoms with Gasteiger partial charge in [-0.1, -0.05) is 42.5 Å². The van der Waals surface area contributed by atoms with Gasteiger partial charge in [0.25, 0.3) is 0 Å². The molecule has 1 unspecified atom stereocenters. The Morgan fingerprint density at radius 1 is 1.00 bits per heavy atom. The normalized spacial score (nSPS) is 17.4. The van der Waals surface area contributed by atoms with E-state index < -0.39 is 0 Å². The number of benzene rings is 2. The van der Waals surface area contributed by atoms with Crippen molar-refractivity contribution in [2.45, 2.75) is 32.2 Å². The minimum absolute atomic E-state index is 0.00836. The molecule has 2 aromatic heterocycles. The van der Waals surface area contributed by atoms with Gasteiger partial charge in [-0.05, 0) is 49.1 Å². The van der Waals surface area contributed by atoms with E-state index in [1.165, 1.54) is 5.06 Å². The second kappa shape index (κ2) is 9.09. The number of hydroxylamine groups is 2. The largest absolute Gasteiger partial charge is 0.346 e. The molecular weight excluding hydrogens is 456 g/mol. The van der Waals surface area contributed by atoms with Gasteiger partial charge in [0.1, 0.15) is 0 Å². The number of hydrogen-bond acceptors (Lipinski definition) is 5. The standard InChI is InChI=1S/C27H26N6O3/c1-17-7-8-20(21-11-12-25-29-24(16-32(25)31-21)30-26(34)19-9-10-19)15-22(17)28-27(35)33-23(13-14-36-33)18-5-3-2-4-6-18/h2-8,11-12,15-16,19,23H,9-10,13-14H2,1H3,(H,28,35)(H,30,34). The third-order valence-electron chi connectivity index (χ3n) is 6.58. The topological polar surface area (TPSA) is 101 Å². The molecule has 1 saturated heterocycles. The quantitative estimate of drug-likeness (QED) is 0.419. The van der Waals surface area contributed by atoms with Crippen molar-refractivity contribution in [2.75, 3.05) is 17.2 Å². The molecule has 182 valence electrons. The summed E-state index contributed by atoms with van der Waals surface area (Å²) in [6.45, 7) is 2.43. The smallest absolute Gasteiger partial charge is 0.309 e. The molecule has 0 spiro atoms. The Hall–Kier alpha value is -4.24. The number of amides is 3. The van der Waals surface area contributed by atoms with Crippen LogP contribution in [-0.2, 0) is 9.63 Å². The minimum atomic E-state index is -0.310. The molecule has 2 N–H and O–H groups in total. The fourth-order valence-corrected chi connectivity index (χ4v) is 4.40. The predicted molar refractivity (Wildman–Crippen MR) is 135 cm³/mol. The van der Waals surface area contributed by atoms with Crippen LogP contribution in [0.3, 0.4) is 0 Å². The van der Waals surface area contributed by atoms with Crippen LogP contribution in [0.1, 0.15) is 36.4 Å². The molecule has 1 saturated carbocycles. The van der Waals surface area contributed by atoms with E-state index in [-0.39, 0.29) is 23.9 Å². The lowest BCUT2D eigenvalue weighted by molar-refractivity contribution is -0.117. The van der Waals surface area contributed by atoms with Gasteiger partial charge in [0.05, 0.1) is 24.5 Å². The number of rotatable bonds is 5. The fourth-order valence-electron chi connectivity index (χ4n) is 4.40. The van der Waals surface area contributed by atoms with Crippen LogP contribution in [-0.4, -0.2) is 38.2 Å². The van der Waals surface area contributed by atoms with Crippen LogP contribution >= 0.6 is 0 Å². The summed E-state index contributed by atoms with van der Waals surface area (Å²) >= 11 is 0. The first-order valence-corrected chi connectivity index (χ1v) is 12.1. The molecule has 0 bridgehead atoms. The van der Waals surface area contributed by atoms with Crippen molar-refractivity contribution in [1.82, 2.24) is 19.7 Å². The molecule has 0 radical (unpaired) electrons. The molecule has 1 atom stereocenters. The molecule has 4 aromatic rings. The summed E-state index contributed by atoms with van der Waals surface area (Å²) in [4.78, 5) is 35.3. The molecular formula is C27H26N6O3. The molecule has 2 aromatic carbocycles. The van der Waals surface area contributed by atoms with Gasteiger partial charge in [0.2, 0.25) is 5.91 Å². The number of anilines is 2. The first kappa shape index (κ1) is 22.2. The number of urea groups is 1. The van der Waals surface area contributed by atoms with E-state index in [1.54, 1.807) is 10.7 Å². The zero-order valence-corrected chi connectivity index (χ0v) is 19.8. The van der Waals surface area contributed by atoms with Crippen molar-refractivity contribution < 1.29 is 14.4 Å². The van der Waals surface area contributed by atoms with Crippen molar-refractivity contribution in [2.24, 2.45) is 5.92 Å². The maximum absolute atomic E-state index is 13.1. The number of carbonyl (C=O) groups excluding carboxylic acids is 2. The van der Waals surface area contributed by atoms with E-state index in [2.05, 4.69) is 20.7 Å². The van der Waals surface area contributed by atoms with E-state index in [4.69, 9.17) is 4.84 Å². The van der Waals surface area contributed by atoms with Gasteiger partial charge in [-0.3, -0.25) is 9.63 Å². The second-order valence-electron chi connectivity index (χ2n) is 9.25. The number of imidazole rings is 1. The lowest BCUT2D eigenvalue weighted by Crippen LogP contribution is -2.33. The zero-order chi connectivity index (χ0) is 24.6. The van der Waals surface area contributed by atoms with Gasteiger partial charge in [-0.2, -0.15) is 10.2 Å². The summed E-state index contributed by atoms with van der Waals surface area (Å²) in [5.74, 6) is 0.606. The Kier molecular flexibility index (Phi) is 5.61. The highest BCUT2D eigenvalue weighted by molar-refractivity contribution is 5.93. The summed E-state index contributed by atoms with van der Waals surface area (Å²) in [5.41, 5.74) is 4.86. The molecule has 3 heterocycles. The molecule has 2 aliphatic rings. The van der Waals surface area contributed by atoms with Gasteiger partial charge in [-0.15, -0.1) is 0 Å². The highest BCUT2D eigenvalue weighted by Gasteiger charge is 2.32. The lowest BCUT2D eigenvalue weighted by Gasteiger charge is -2.23. The van der Waals surface area contributed by atoms with Crippen molar-refractivity contribution in [3.63, 3.8) is 0 Å². The number of aromatic nitrogens is 3. The van der Waals surface area contributed by atoms with E-state index in [0.717, 1.165) is 41.6 Å². The average Bonchev–Trinajstić information content (AvgIpc) is 3.49. The van der Waals surface area contributed by atoms with Crippen LogP contribution in [0.25, 0.3) is 16.9 Å². The second-order valence-corrected chi connectivity index (χ2v) is 9.25. The van der Waals surface area contributed by atoms with Gasteiger partial charge in [-0.25, -0.2) is 14.3 Å². The highest BCUT2D eigenvalue weighted by atomic mass is 16.7. The van der Waals surface area contributed by atoms with E-state index in [0.29, 0.717) is 23.8 Å². The number of carbonyl (C=O) groups is 2. The predicted octanol–water partition coefficient (Wildman–Crippen LogP) is 4.96. The molecule has 2 fully saturated rings. The lowest BCUT2D eigenvalue weighted by atomic mass is 10.0. The third kappa shape index (κ3) is 4.40. The first-order chi connectivity index (χ1) is 17.5. The number of aryl methyl sites for hydroxylation is 1. The van der Waals surface area contributed by atoms with Crippen LogP contribution in [0.15, 0.2) is 66.9 Å². The number of fused-ring (bicyclic) bond motifs is 1. The van der Waals surface area contributed by atoms with E-state index >= 15 is 0 Å². The van der Waals surface area contributed by atoms with Crippen LogP contribution < -0.4 is 10.6 Å². The Morgan fingerprint density at radius 2 is 1.83 bits per heavy atom. The summed E-state index contributed by atoms with van der Waals surface area (Å²) < 4.78 is 1.65. The molecule has 9 heteroatoms. The number of nitrogens with one attached hydrogen (secondary N) is 2. The van der Waals surface area contributed by atoms with Crippen LogP contribution in [0.5, 0.6) is 0 Å². The van der Waals surface area contributed by atoms with E-state index in [9.17, 15) is 9.59 Å². The van der Waals surface area contributed by atoms with Crippen molar-refractivity contribution in [1.29, 1.82) is 0 Å². The SMILES string of the molecule is Cc1ccc(-c2ccc3nc(NC(=O)C4CC4)cn3n2)cc1NC(=O)N1OCCC1c1ccccc1. The number of nitrogens with zero attached hydrogens (tertiary/aromatic N) is 4. The molecule has 36 heavy (non-hydrogen) atoms. The average molecular weight is 483 g/mol. The molecule has 6 rings (SSSR count). The van der Waals surface area contributed by atoms with Crippen molar-refractivity contribution in [3.8, 4) is 11.3 Å². The summed E-state index contributed by atoms with van der Waals surface area (Å²) in [5, 5.41) is 12.0. The summed E-state index contributed by atoms with van der Waals surface area (Å²) in [6, 6.07) is 19.0. The van der Waals surface area contributed by atoms with Gasteiger partial charge in [0.15, 0.2) is 11.5 Å². The van der Waals surface area contributed by atoms with Gasteiger partial charge in [0, 0.05) is 23.6 Å². The zero-order valence-electron chi connectivity index (χ0n) is 19.8. The first-order valence-electron chi connectivity index (χ1n) is 12.1. The molecule has 1 aliphatic carbocycles. The van der Waals surface area contributed by atoms with Crippen LogP contribution in [0, 0.1) is 12.8 Å². The number of hydrogen-bond donors (Lipinski definition) is 2. The van der Waals surface area contributed by atoms with Gasteiger partial charge >= 0.3 is 6.03 Å². The molecule has 3 amide bonds. The van der Waals surface area contributed by atoms with Crippen LogP contribution in [0.4, 0.5) is 16.3 Å².